The molecule has 59 valence electrons. The van der Waals surface area contributed by atoms with Gasteiger partial charge in [0.15, 0.2) is 0 Å². The second-order valence-electron chi connectivity index (χ2n) is 2.39. The van der Waals surface area contributed by atoms with Gasteiger partial charge >= 0.3 is 0 Å². The summed E-state index contributed by atoms with van der Waals surface area (Å²) in [5.74, 6) is 0. The predicted molar refractivity (Wildman–Crippen MR) is 43.2 cm³/mol. The summed E-state index contributed by atoms with van der Waals surface area (Å²) in [5.41, 5.74) is 0. The first-order chi connectivity index (χ1) is 5.41. The molecule has 0 aliphatic carbocycles. The molecule has 2 heteroatoms. The van der Waals surface area contributed by atoms with Crippen molar-refractivity contribution in [1.82, 2.24) is 0 Å². The van der Waals surface area contributed by atoms with Crippen molar-refractivity contribution in [3.05, 3.63) is 6.42 Å². The van der Waals surface area contributed by atoms with Gasteiger partial charge in [-0.05, 0) is 32.1 Å². The SMILES string of the molecule is N#CCCC[CH]CCCC#N. The monoisotopic (exact) mass is 149 g/mol. The minimum Gasteiger partial charge on any atom is -0.198 e. The van der Waals surface area contributed by atoms with Crippen LogP contribution in [-0.4, -0.2) is 0 Å². The topological polar surface area (TPSA) is 47.6 Å². The normalized spacial score (nSPS) is 8.55. The molecule has 0 heterocycles. The second-order valence-corrected chi connectivity index (χ2v) is 2.39. The average Bonchev–Trinajstić information content (AvgIpc) is 2.03. The van der Waals surface area contributed by atoms with Gasteiger partial charge < -0.3 is 0 Å². The molecule has 0 amide bonds. The molecule has 0 N–H and O–H groups in total. The molecule has 11 heavy (non-hydrogen) atoms. The Morgan fingerprint density at radius 2 is 1.36 bits per heavy atom. The summed E-state index contributed by atoms with van der Waals surface area (Å²) >= 11 is 0. The maximum Gasteiger partial charge on any atom is 0.0621 e. The number of hydrogen-bond acceptors (Lipinski definition) is 2. The van der Waals surface area contributed by atoms with Crippen LogP contribution in [0.2, 0.25) is 0 Å². The van der Waals surface area contributed by atoms with Crippen LogP contribution in [0.15, 0.2) is 0 Å². The molecule has 0 fully saturated rings. The lowest BCUT2D eigenvalue weighted by Crippen LogP contribution is -1.78. The maximum absolute atomic E-state index is 8.20. The molecule has 0 aromatic carbocycles. The first kappa shape index (κ1) is 9.98. The van der Waals surface area contributed by atoms with Crippen LogP contribution >= 0.6 is 0 Å². The van der Waals surface area contributed by atoms with Crippen LogP contribution in [0.25, 0.3) is 0 Å². The van der Waals surface area contributed by atoms with E-state index in [-0.39, 0.29) is 0 Å². The van der Waals surface area contributed by atoms with E-state index in [4.69, 9.17) is 10.5 Å². The molecule has 0 saturated carbocycles. The zero-order valence-corrected chi connectivity index (χ0v) is 6.71. The average molecular weight is 149 g/mol. The van der Waals surface area contributed by atoms with Gasteiger partial charge in [0.05, 0.1) is 12.1 Å². The maximum atomic E-state index is 8.20. The first-order valence-electron chi connectivity index (χ1n) is 3.97. The number of unbranched alkanes of at least 4 members (excludes halogenated alkanes) is 6. The van der Waals surface area contributed by atoms with Gasteiger partial charge in [0.1, 0.15) is 0 Å². The van der Waals surface area contributed by atoms with Crippen molar-refractivity contribution in [3.8, 4) is 12.1 Å². The van der Waals surface area contributed by atoms with Gasteiger partial charge in [-0.3, -0.25) is 0 Å². The highest BCUT2D eigenvalue weighted by atomic mass is 14.2. The number of rotatable bonds is 6. The third-order valence-electron chi connectivity index (χ3n) is 1.39. The molecule has 0 spiro atoms. The van der Waals surface area contributed by atoms with Crippen molar-refractivity contribution < 1.29 is 0 Å². The van der Waals surface area contributed by atoms with Crippen LogP contribution in [0.5, 0.6) is 0 Å². The number of nitriles is 2. The molecule has 0 saturated heterocycles. The second kappa shape index (κ2) is 8.98. The first-order valence-corrected chi connectivity index (χ1v) is 3.97. The Balaban J connectivity index is 2.82. The highest BCUT2D eigenvalue weighted by molar-refractivity contribution is 4.75. The van der Waals surface area contributed by atoms with E-state index in [1.54, 1.807) is 0 Å². The molecule has 0 aliphatic heterocycles. The van der Waals surface area contributed by atoms with E-state index in [1.807, 2.05) is 0 Å². The zero-order valence-electron chi connectivity index (χ0n) is 6.71. The summed E-state index contributed by atoms with van der Waals surface area (Å²) in [6.07, 6.45) is 7.41. The molecule has 0 aliphatic rings. The van der Waals surface area contributed by atoms with Gasteiger partial charge in [-0.15, -0.1) is 0 Å². The largest absolute Gasteiger partial charge is 0.198 e. The fourth-order valence-corrected chi connectivity index (χ4v) is 0.795. The highest BCUT2D eigenvalue weighted by Crippen LogP contribution is 2.04. The molecular formula is C9H13N2. The minimum absolute atomic E-state index is 0.648. The highest BCUT2D eigenvalue weighted by Gasteiger charge is 1.89. The number of nitrogens with zero attached hydrogens (tertiary/aromatic N) is 2. The Morgan fingerprint density at radius 3 is 1.73 bits per heavy atom. The third-order valence-corrected chi connectivity index (χ3v) is 1.39. The predicted octanol–water partition coefficient (Wildman–Crippen LogP) is 2.58. The molecule has 0 rings (SSSR count). The Kier molecular flexibility index (Phi) is 8.15. The van der Waals surface area contributed by atoms with Gasteiger partial charge in [0.25, 0.3) is 0 Å². The molecule has 1 radical (unpaired) electrons. The van der Waals surface area contributed by atoms with Crippen molar-refractivity contribution in [3.63, 3.8) is 0 Å². The van der Waals surface area contributed by atoms with E-state index in [2.05, 4.69) is 18.6 Å². The zero-order chi connectivity index (χ0) is 8.36. The molecule has 0 bridgehead atoms. The van der Waals surface area contributed by atoms with E-state index in [0.29, 0.717) is 12.8 Å². The van der Waals surface area contributed by atoms with E-state index < -0.39 is 0 Å². The summed E-state index contributed by atoms with van der Waals surface area (Å²) in [6.45, 7) is 0. The van der Waals surface area contributed by atoms with Crippen molar-refractivity contribution in [1.29, 1.82) is 10.5 Å². The molecule has 0 unspecified atom stereocenters. The summed E-state index contributed by atoms with van der Waals surface area (Å²) in [5, 5.41) is 16.4. The van der Waals surface area contributed by atoms with Crippen LogP contribution in [0.3, 0.4) is 0 Å². The smallest absolute Gasteiger partial charge is 0.0621 e. The van der Waals surface area contributed by atoms with Crippen LogP contribution in [-0.2, 0) is 0 Å². The molecule has 2 nitrogen and oxygen atoms in total. The molecule has 0 atom stereocenters. The van der Waals surface area contributed by atoms with E-state index in [1.165, 1.54) is 0 Å². The lowest BCUT2D eigenvalue weighted by Gasteiger charge is -1.94. The summed E-state index contributed by atoms with van der Waals surface area (Å²) in [7, 11) is 0. The van der Waals surface area contributed by atoms with Crippen LogP contribution in [0.1, 0.15) is 38.5 Å². The van der Waals surface area contributed by atoms with Crippen molar-refractivity contribution >= 4 is 0 Å². The van der Waals surface area contributed by atoms with Gasteiger partial charge in [-0.1, -0.05) is 0 Å². The minimum atomic E-state index is 0.648. The van der Waals surface area contributed by atoms with Crippen molar-refractivity contribution in [2.24, 2.45) is 0 Å². The Morgan fingerprint density at radius 1 is 0.909 bits per heavy atom. The van der Waals surface area contributed by atoms with E-state index in [0.717, 1.165) is 25.7 Å². The van der Waals surface area contributed by atoms with Crippen molar-refractivity contribution in [2.45, 2.75) is 38.5 Å². The molecule has 0 aromatic heterocycles. The fourth-order valence-electron chi connectivity index (χ4n) is 0.795. The standard InChI is InChI=1S/C9H13N2/c10-8-6-4-2-1-3-5-7-9-11/h1H,2-7H2. The fraction of sp³-hybridized carbons (Fsp3) is 0.667. The lowest BCUT2D eigenvalue weighted by atomic mass is 10.1. The van der Waals surface area contributed by atoms with Crippen LogP contribution < -0.4 is 0 Å². The van der Waals surface area contributed by atoms with Gasteiger partial charge in [-0.2, -0.15) is 10.5 Å². The Hall–Kier alpha value is -1.02. The van der Waals surface area contributed by atoms with Crippen LogP contribution in [0.4, 0.5) is 0 Å². The quantitative estimate of drug-likeness (QED) is 0.545. The van der Waals surface area contributed by atoms with Gasteiger partial charge in [0.2, 0.25) is 0 Å². The summed E-state index contributed by atoms with van der Waals surface area (Å²) < 4.78 is 0. The Labute approximate surface area is 68.4 Å². The molecule has 0 aromatic rings. The van der Waals surface area contributed by atoms with Gasteiger partial charge in [-0.25, -0.2) is 0 Å². The Bertz CT molecular complexity index is 132. The van der Waals surface area contributed by atoms with Crippen LogP contribution in [0, 0.1) is 29.1 Å². The number of hydrogen-bond donors (Lipinski definition) is 0. The third kappa shape index (κ3) is 8.98. The summed E-state index contributed by atoms with van der Waals surface area (Å²) in [4.78, 5) is 0. The molecular weight excluding hydrogens is 136 g/mol. The van der Waals surface area contributed by atoms with E-state index in [9.17, 15) is 0 Å². The summed E-state index contributed by atoms with van der Waals surface area (Å²) in [6, 6.07) is 4.19. The van der Waals surface area contributed by atoms with E-state index >= 15 is 0 Å². The lowest BCUT2D eigenvalue weighted by molar-refractivity contribution is 0.746. The van der Waals surface area contributed by atoms with Gasteiger partial charge in [0, 0.05) is 12.8 Å². The van der Waals surface area contributed by atoms with Crippen molar-refractivity contribution in [2.75, 3.05) is 0 Å².